The Morgan fingerprint density at radius 1 is 1.41 bits per heavy atom. The lowest BCUT2D eigenvalue weighted by molar-refractivity contribution is 0.107. The van der Waals surface area contributed by atoms with Gasteiger partial charge in [0.15, 0.2) is 5.58 Å². The number of hydrogen-bond donors (Lipinski definition) is 0. The lowest BCUT2D eigenvalue weighted by Gasteiger charge is -2.14. The molecule has 114 valence electrons. The number of methoxy groups -OCH3 is 1. The van der Waals surface area contributed by atoms with Crippen LogP contribution in [-0.4, -0.2) is 41.2 Å². The zero-order valence-corrected chi connectivity index (χ0v) is 13.8. The first-order valence-electron chi connectivity index (χ1n) is 7.32. The topological polar surface area (TPSA) is 51.4 Å². The van der Waals surface area contributed by atoms with Gasteiger partial charge in [-0.2, -0.15) is 0 Å². The molecule has 0 unspecified atom stereocenters. The fourth-order valence-electron chi connectivity index (χ4n) is 2.98. The predicted octanol–water partition coefficient (Wildman–Crippen LogP) is 3.36. The van der Waals surface area contributed by atoms with E-state index in [1.54, 1.807) is 13.3 Å². The van der Waals surface area contributed by atoms with Crippen LogP contribution < -0.4 is 0 Å². The van der Waals surface area contributed by atoms with Crippen molar-refractivity contribution in [2.75, 3.05) is 20.2 Å². The highest BCUT2D eigenvalue weighted by molar-refractivity contribution is 9.10. The predicted molar refractivity (Wildman–Crippen MR) is 87.7 cm³/mol. The van der Waals surface area contributed by atoms with E-state index >= 15 is 0 Å². The van der Waals surface area contributed by atoms with E-state index in [2.05, 4.69) is 25.8 Å². The molecule has 1 atom stereocenters. The number of nitrogens with zero attached hydrogens (tertiary/aromatic N) is 3. The van der Waals surface area contributed by atoms with Gasteiger partial charge in [-0.15, -0.1) is 0 Å². The van der Waals surface area contributed by atoms with Gasteiger partial charge in [0.1, 0.15) is 16.9 Å². The molecule has 22 heavy (non-hydrogen) atoms. The van der Waals surface area contributed by atoms with E-state index in [0.29, 0.717) is 6.10 Å². The molecule has 3 aromatic rings. The molecule has 0 aliphatic carbocycles. The average molecular weight is 362 g/mol. The van der Waals surface area contributed by atoms with Crippen LogP contribution in [0.4, 0.5) is 0 Å². The molecule has 0 saturated carbocycles. The van der Waals surface area contributed by atoms with Crippen LogP contribution in [0.3, 0.4) is 0 Å². The van der Waals surface area contributed by atoms with Gasteiger partial charge in [-0.25, -0.2) is 9.97 Å². The van der Waals surface area contributed by atoms with E-state index in [1.807, 2.05) is 18.2 Å². The molecular weight excluding hydrogens is 346 g/mol. The van der Waals surface area contributed by atoms with E-state index < -0.39 is 0 Å². The van der Waals surface area contributed by atoms with Gasteiger partial charge < -0.3 is 9.15 Å². The molecule has 3 heterocycles. The summed E-state index contributed by atoms with van der Waals surface area (Å²) in [5, 5.41) is 1.02. The molecular formula is C16H16BrN3O2. The van der Waals surface area contributed by atoms with E-state index in [1.165, 1.54) is 0 Å². The number of fused-ring (bicyclic) bond motifs is 3. The highest BCUT2D eigenvalue weighted by Gasteiger charge is 2.23. The van der Waals surface area contributed by atoms with Crippen molar-refractivity contribution < 1.29 is 9.15 Å². The van der Waals surface area contributed by atoms with Crippen LogP contribution in [0.15, 0.2) is 33.3 Å². The van der Waals surface area contributed by atoms with Gasteiger partial charge >= 0.3 is 0 Å². The van der Waals surface area contributed by atoms with Crippen molar-refractivity contribution >= 4 is 38.0 Å². The fraction of sp³-hybridized carbons (Fsp3) is 0.375. The Labute approximate surface area is 136 Å². The number of ether oxygens (including phenoxy) is 1. The first kappa shape index (κ1) is 14.1. The molecule has 5 nitrogen and oxygen atoms in total. The second-order valence-electron chi connectivity index (χ2n) is 5.62. The summed E-state index contributed by atoms with van der Waals surface area (Å²) in [6.07, 6.45) is 3.17. The Morgan fingerprint density at radius 3 is 3.14 bits per heavy atom. The maximum atomic E-state index is 5.79. The van der Waals surface area contributed by atoms with Crippen molar-refractivity contribution in [3.63, 3.8) is 0 Å². The van der Waals surface area contributed by atoms with Crippen LogP contribution in [0.2, 0.25) is 0 Å². The molecule has 6 heteroatoms. The molecule has 1 aromatic carbocycles. The zero-order valence-electron chi connectivity index (χ0n) is 12.3. The van der Waals surface area contributed by atoms with E-state index in [9.17, 15) is 0 Å². The minimum Gasteiger partial charge on any atom is -0.453 e. The van der Waals surface area contributed by atoms with E-state index in [-0.39, 0.29) is 0 Å². The largest absolute Gasteiger partial charge is 0.453 e. The number of benzene rings is 1. The Morgan fingerprint density at radius 2 is 2.32 bits per heavy atom. The van der Waals surface area contributed by atoms with Gasteiger partial charge in [0.25, 0.3) is 0 Å². The zero-order chi connectivity index (χ0) is 15.1. The SMILES string of the molecule is CO[C@@H]1CCN(Cc2ncc3oc4ccc(Br)cc4c3n2)C1. The lowest BCUT2D eigenvalue weighted by Crippen LogP contribution is -2.23. The van der Waals surface area contributed by atoms with Gasteiger partial charge in [-0.05, 0) is 24.6 Å². The Balaban J connectivity index is 1.67. The summed E-state index contributed by atoms with van der Waals surface area (Å²) in [7, 11) is 1.77. The van der Waals surface area contributed by atoms with E-state index in [4.69, 9.17) is 14.1 Å². The standard InChI is InChI=1S/C16H16BrN3O2/c1-21-11-4-5-20(8-11)9-15-18-7-14-16(19-15)12-6-10(17)2-3-13(12)22-14/h2-3,6-7,11H,4-5,8-9H2,1H3/t11-/m1/s1. The summed E-state index contributed by atoms with van der Waals surface area (Å²) in [5.41, 5.74) is 2.45. The number of halogens is 1. The van der Waals surface area contributed by atoms with Gasteiger partial charge in [-0.3, -0.25) is 4.90 Å². The Bertz CT molecular complexity index is 833. The third-order valence-electron chi connectivity index (χ3n) is 4.15. The number of furan rings is 1. The monoisotopic (exact) mass is 361 g/mol. The molecule has 2 aromatic heterocycles. The summed E-state index contributed by atoms with van der Waals surface area (Å²) in [6, 6.07) is 5.95. The average Bonchev–Trinajstić information content (AvgIpc) is 3.11. The molecule has 4 rings (SSSR count). The first-order valence-corrected chi connectivity index (χ1v) is 8.11. The highest BCUT2D eigenvalue weighted by Crippen LogP contribution is 2.29. The normalized spacial score (nSPS) is 19.5. The number of likely N-dealkylation sites (tertiary alicyclic amines) is 1. The van der Waals surface area contributed by atoms with Crippen molar-refractivity contribution in [3.8, 4) is 0 Å². The van der Waals surface area contributed by atoms with Crippen LogP contribution in [-0.2, 0) is 11.3 Å². The van der Waals surface area contributed by atoms with Crippen molar-refractivity contribution in [2.24, 2.45) is 0 Å². The van der Waals surface area contributed by atoms with Crippen molar-refractivity contribution in [3.05, 3.63) is 34.7 Å². The summed E-state index contributed by atoms with van der Waals surface area (Å²) in [5.74, 6) is 0.826. The quantitative estimate of drug-likeness (QED) is 0.715. The summed E-state index contributed by atoms with van der Waals surface area (Å²) in [4.78, 5) is 11.5. The molecule has 1 aliphatic rings. The Kier molecular flexibility index (Phi) is 3.60. The van der Waals surface area contributed by atoms with Gasteiger partial charge in [-0.1, -0.05) is 15.9 Å². The van der Waals surface area contributed by atoms with Gasteiger partial charge in [0, 0.05) is 30.1 Å². The van der Waals surface area contributed by atoms with Gasteiger partial charge in [0.2, 0.25) is 0 Å². The number of rotatable bonds is 3. The molecule has 0 N–H and O–H groups in total. The van der Waals surface area contributed by atoms with Crippen LogP contribution in [0.5, 0.6) is 0 Å². The summed E-state index contributed by atoms with van der Waals surface area (Å²) >= 11 is 3.50. The maximum absolute atomic E-state index is 5.79. The smallest absolute Gasteiger partial charge is 0.172 e. The fourth-order valence-corrected chi connectivity index (χ4v) is 3.34. The number of aromatic nitrogens is 2. The molecule has 0 spiro atoms. The van der Waals surface area contributed by atoms with Crippen LogP contribution in [0.25, 0.3) is 22.1 Å². The molecule has 0 bridgehead atoms. The van der Waals surface area contributed by atoms with Crippen LogP contribution in [0.1, 0.15) is 12.2 Å². The van der Waals surface area contributed by atoms with Crippen molar-refractivity contribution in [2.45, 2.75) is 19.1 Å². The molecule has 1 fully saturated rings. The van der Waals surface area contributed by atoms with Crippen LogP contribution in [0, 0.1) is 0 Å². The Hall–Kier alpha value is -1.50. The summed E-state index contributed by atoms with van der Waals surface area (Å²) < 4.78 is 12.2. The summed E-state index contributed by atoms with van der Waals surface area (Å²) in [6.45, 7) is 2.71. The molecule has 1 saturated heterocycles. The lowest BCUT2D eigenvalue weighted by atomic mass is 10.2. The third kappa shape index (κ3) is 2.51. The second-order valence-corrected chi connectivity index (χ2v) is 6.54. The molecule has 0 radical (unpaired) electrons. The third-order valence-corrected chi connectivity index (χ3v) is 4.64. The van der Waals surface area contributed by atoms with Crippen molar-refractivity contribution in [1.29, 1.82) is 0 Å². The molecule has 0 amide bonds. The minimum absolute atomic E-state index is 0.328. The van der Waals surface area contributed by atoms with E-state index in [0.717, 1.165) is 58.4 Å². The maximum Gasteiger partial charge on any atom is 0.172 e. The second kappa shape index (κ2) is 5.61. The van der Waals surface area contributed by atoms with Crippen molar-refractivity contribution in [1.82, 2.24) is 14.9 Å². The van der Waals surface area contributed by atoms with Crippen LogP contribution >= 0.6 is 15.9 Å². The minimum atomic E-state index is 0.328. The van der Waals surface area contributed by atoms with Gasteiger partial charge in [0.05, 0.1) is 18.8 Å². The first-order chi connectivity index (χ1) is 10.7. The highest BCUT2D eigenvalue weighted by atomic mass is 79.9. The molecule has 1 aliphatic heterocycles. The number of hydrogen-bond acceptors (Lipinski definition) is 5.